The van der Waals surface area contributed by atoms with Crippen molar-refractivity contribution in [2.24, 2.45) is 5.92 Å². The van der Waals surface area contributed by atoms with Crippen molar-refractivity contribution in [2.45, 2.75) is 36.7 Å². The van der Waals surface area contributed by atoms with Crippen LogP contribution in [0.2, 0.25) is 5.02 Å². The molecule has 3 aliphatic rings. The van der Waals surface area contributed by atoms with Gasteiger partial charge in [-0.15, -0.1) is 11.8 Å². The highest BCUT2D eigenvalue weighted by Gasteiger charge is 2.49. The molecule has 24 heavy (non-hydrogen) atoms. The maximum Gasteiger partial charge on any atom is 0.0680 e. The smallest absolute Gasteiger partial charge is 0.0680 e. The molecule has 0 aliphatic carbocycles. The molecule has 0 amide bonds. The van der Waals surface area contributed by atoms with Crippen LogP contribution in [0.3, 0.4) is 0 Å². The fourth-order valence-electron chi connectivity index (χ4n) is 4.06. The summed E-state index contributed by atoms with van der Waals surface area (Å²) in [5, 5.41) is 0.884. The van der Waals surface area contributed by atoms with Gasteiger partial charge in [-0.25, -0.2) is 0 Å². The molecule has 3 nitrogen and oxygen atoms in total. The van der Waals surface area contributed by atoms with Crippen molar-refractivity contribution in [1.29, 1.82) is 0 Å². The molecule has 132 valence electrons. The molecule has 4 rings (SSSR count). The van der Waals surface area contributed by atoms with Gasteiger partial charge in [0.2, 0.25) is 0 Å². The Labute approximate surface area is 154 Å². The van der Waals surface area contributed by atoms with Crippen LogP contribution < -0.4 is 0 Å². The minimum absolute atomic E-state index is 0.432. The van der Waals surface area contributed by atoms with E-state index >= 15 is 0 Å². The van der Waals surface area contributed by atoms with Gasteiger partial charge in [-0.05, 0) is 36.8 Å². The van der Waals surface area contributed by atoms with E-state index in [9.17, 15) is 0 Å². The van der Waals surface area contributed by atoms with Crippen molar-refractivity contribution in [1.82, 2.24) is 4.90 Å². The van der Waals surface area contributed by atoms with E-state index in [-0.39, 0.29) is 0 Å². The van der Waals surface area contributed by atoms with E-state index in [1.165, 1.54) is 25.1 Å². The molecule has 0 aromatic heterocycles. The summed E-state index contributed by atoms with van der Waals surface area (Å²) < 4.78 is 12.1. The van der Waals surface area contributed by atoms with Crippen molar-refractivity contribution < 1.29 is 9.47 Å². The Morgan fingerprint density at radius 2 is 2.04 bits per heavy atom. The van der Waals surface area contributed by atoms with Crippen LogP contribution in [0.25, 0.3) is 0 Å². The van der Waals surface area contributed by atoms with E-state index in [4.69, 9.17) is 21.1 Å². The topological polar surface area (TPSA) is 21.7 Å². The minimum atomic E-state index is 0.432. The molecule has 0 N–H and O–H groups in total. The predicted molar refractivity (Wildman–Crippen MR) is 99.8 cm³/mol. The first-order chi connectivity index (χ1) is 11.7. The van der Waals surface area contributed by atoms with Gasteiger partial charge in [0.25, 0.3) is 0 Å². The molecule has 5 heteroatoms. The number of halogens is 1. The molecular formula is C19H26ClNO2S. The van der Waals surface area contributed by atoms with Crippen LogP contribution >= 0.6 is 23.4 Å². The Bertz CT molecular complexity index is 558. The summed E-state index contributed by atoms with van der Waals surface area (Å²) in [5.74, 6) is 1.86. The summed E-state index contributed by atoms with van der Waals surface area (Å²) in [5.41, 5.74) is 1.24. The maximum atomic E-state index is 6.28. The second-order valence-electron chi connectivity index (χ2n) is 7.45. The number of ether oxygens (including phenoxy) is 2. The van der Waals surface area contributed by atoms with E-state index in [1.807, 2.05) is 12.1 Å². The normalized spacial score (nSPS) is 27.5. The lowest BCUT2D eigenvalue weighted by Gasteiger charge is -2.47. The Kier molecular flexibility index (Phi) is 5.40. The van der Waals surface area contributed by atoms with Gasteiger partial charge < -0.3 is 9.47 Å². The molecule has 1 atom stereocenters. The van der Waals surface area contributed by atoms with Gasteiger partial charge in [-0.1, -0.05) is 29.8 Å². The second kappa shape index (κ2) is 7.55. The van der Waals surface area contributed by atoms with E-state index in [0.717, 1.165) is 50.0 Å². The Morgan fingerprint density at radius 3 is 2.83 bits per heavy atom. The van der Waals surface area contributed by atoms with Crippen LogP contribution in [0.1, 0.15) is 24.8 Å². The summed E-state index contributed by atoms with van der Waals surface area (Å²) in [7, 11) is 0. The Balaban J connectivity index is 1.21. The fraction of sp³-hybridized carbons (Fsp3) is 0.684. The van der Waals surface area contributed by atoms with Gasteiger partial charge in [-0.3, -0.25) is 4.90 Å². The zero-order valence-corrected chi connectivity index (χ0v) is 15.7. The lowest BCUT2D eigenvalue weighted by molar-refractivity contribution is -0.0133. The van der Waals surface area contributed by atoms with Crippen LogP contribution in [0.4, 0.5) is 0 Å². The average Bonchev–Trinajstić information content (AvgIpc) is 3.00. The van der Waals surface area contributed by atoms with Crippen molar-refractivity contribution >= 4 is 23.4 Å². The first kappa shape index (κ1) is 17.2. The van der Waals surface area contributed by atoms with E-state index in [2.05, 4.69) is 28.8 Å². The first-order valence-electron chi connectivity index (χ1n) is 9.01. The van der Waals surface area contributed by atoms with E-state index in [1.54, 1.807) is 0 Å². The molecule has 1 unspecified atom stereocenters. The number of thioether (sulfide) groups is 1. The molecule has 0 radical (unpaired) electrons. The number of rotatable bonds is 5. The maximum absolute atomic E-state index is 6.28. The third kappa shape index (κ3) is 3.94. The van der Waals surface area contributed by atoms with Crippen LogP contribution in [-0.2, 0) is 16.0 Å². The standard InChI is InChI=1S/C19H26ClNO2S/c20-18-4-2-1-3-16(18)10-21-13-19(14-21)9-17(12-24-19)23-11-15-5-7-22-8-6-15/h1-4,15,17H,5-14H2. The van der Waals surface area contributed by atoms with E-state index in [0.29, 0.717) is 16.8 Å². The van der Waals surface area contributed by atoms with Crippen LogP contribution in [0.5, 0.6) is 0 Å². The van der Waals surface area contributed by atoms with Gasteiger partial charge >= 0.3 is 0 Å². The lowest BCUT2D eigenvalue weighted by Crippen LogP contribution is -2.58. The molecule has 3 saturated heterocycles. The fourth-order valence-corrected chi connectivity index (χ4v) is 5.86. The highest BCUT2D eigenvalue weighted by atomic mass is 35.5. The number of hydrogen-bond acceptors (Lipinski definition) is 4. The summed E-state index contributed by atoms with van der Waals surface area (Å²) in [4.78, 5) is 2.51. The summed E-state index contributed by atoms with van der Waals surface area (Å²) in [6.45, 7) is 6.05. The Hall–Kier alpha value is -0.260. The molecule has 3 aliphatic heterocycles. The number of benzene rings is 1. The second-order valence-corrected chi connectivity index (χ2v) is 9.34. The van der Waals surface area contributed by atoms with Gasteiger partial charge in [0.1, 0.15) is 0 Å². The van der Waals surface area contributed by atoms with Crippen LogP contribution in [-0.4, -0.2) is 54.4 Å². The molecular weight excluding hydrogens is 342 g/mol. The molecule has 1 aromatic carbocycles. The van der Waals surface area contributed by atoms with Crippen LogP contribution in [0.15, 0.2) is 24.3 Å². The molecule has 1 spiro atoms. The molecule has 3 heterocycles. The van der Waals surface area contributed by atoms with E-state index < -0.39 is 0 Å². The lowest BCUT2D eigenvalue weighted by atomic mass is 9.92. The molecule has 0 bridgehead atoms. The summed E-state index contributed by atoms with van der Waals surface area (Å²) in [6, 6.07) is 8.18. The number of likely N-dealkylation sites (tertiary alicyclic amines) is 1. The van der Waals surface area contributed by atoms with Gasteiger partial charge in [0.15, 0.2) is 0 Å². The average molecular weight is 368 g/mol. The minimum Gasteiger partial charge on any atom is -0.381 e. The largest absolute Gasteiger partial charge is 0.381 e. The Morgan fingerprint density at radius 1 is 1.25 bits per heavy atom. The number of nitrogens with zero attached hydrogens (tertiary/aromatic N) is 1. The van der Waals surface area contributed by atoms with Gasteiger partial charge in [0, 0.05) is 55.0 Å². The van der Waals surface area contributed by atoms with Crippen molar-refractivity contribution in [3.63, 3.8) is 0 Å². The van der Waals surface area contributed by atoms with Crippen molar-refractivity contribution in [3.8, 4) is 0 Å². The monoisotopic (exact) mass is 367 g/mol. The summed E-state index contributed by atoms with van der Waals surface area (Å²) >= 11 is 8.40. The molecule has 3 fully saturated rings. The first-order valence-corrected chi connectivity index (χ1v) is 10.4. The van der Waals surface area contributed by atoms with Crippen molar-refractivity contribution in [3.05, 3.63) is 34.9 Å². The highest BCUT2D eigenvalue weighted by Crippen LogP contribution is 2.46. The quantitative estimate of drug-likeness (QED) is 0.788. The van der Waals surface area contributed by atoms with Gasteiger partial charge in [0.05, 0.1) is 6.10 Å². The number of hydrogen-bond donors (Lipinski definition) is 0. The van der Waals surface area contributed by atoms with Gasteiger partial charge in [-0.2, -0.15) is 0 Å². The zero-order chi connectivity index (χ0) is 16.4. The predicted octanol–water partition coefficient (Wildman–Crippen LogP) is 3.84. The SMILES string of the molecule is Clc1ccccc1CN1CC2(CC(OCC3CCOCC3)CS2)C1. The van der Waals surface area contributed by atoms with Crippen molar-refractivity contribution in [2.75, 3.05) is 38.7 Å². The zero-order valence-electron chi connectivity index (χ0n) is 14.1. The highest BCUT2D eigenvalue weighted by molar-refractivity contribution is 8.01. The molecule has 1 aromatic rings. The molecule has 0 saturated carbocycles. The summed E-state index contributed by atoms with van der Waals surface area (Å²) in [6.07, 6.45) is 3.98. The van der Waals surface area contributed by atoms with Crippen LogP contribution in [0, 0.1) is 5.92 Å². The third-order valence-electron chi connectivity index (χ3n) is 5.46. The third-order valence-corrected chi connectivity index (χ3v) is 7.40.